The van der Waals surface area contributed by atoms with Gasteiger partial charge in [-0.25, -0.2) is 9.07 Å². The van der Waals surface area contributed by atoms with Gasteiger partial charge in [0.15, 0.2) is 5.69 Å². The number of nitrogens with zero attached hydrogens (tertiary/aromatic N) is 4. The summed E-state index contributed by atoms with van der Waals surface area (Å²) >= 11 is 0. The number of likely N-dealkylation sites (tertiary alicyclic amines) is 1. The van der Waals surface area contributed by atoms with Gasteiger partial charge in [-0.05, 0) is 49.4 Å². The first-order valence-corrected chi connectivity index (χ1v) is 8.79. The highest BCUT2D eigenvalue weighted by atomic mass is 19.1. The Morgan fingerprint density at radius 1 is 1.26 bits per heavy atom. The van der Waals surface area contributed by atoms with E-state index in [9.17, 15) is 9.18 Å². The highest BCUT2D eigenvalue weighted by molar-refractivity contribution is 5.92. The van der Waals surface area contributed by atoms with Crippen molar-refractivity contribution < 1.29 is 13.9 Å². The van der Waals surface area contributed by atoms with E-state index in [0.717, 1.165) is 12.1 Å². The molecule has 0 bridgehead atoms. The van der Waals surface area contributed by atoms with E-state index in [-0.39, 0.29) is 17.8 Å². The zero-order valence-corrected chi connectivity index (χ0v) is 14.9. The number of aryl methyl sites for hydroxylation is 1. The summed E-state index contributed by atoms with van der Waals surface area (Å²) in [5.41, 5.74) is 1.90. The maximum absolute atomic E-state index is 13.1. The minimum absolute atomic E-state index is 0.0570. The van der Waals surface area contributed by atoms with Gasteiger partial charge >= 0.3 is 0 Å². The molecule has 1 saturated heterocycles. The van der Waals surface area contributed by atoms with Crippen molar-refractivity contribution in [2.75, 3.05) is 13.1 Å². The number of amides is 1. The number of rotatable bonds is 4. The van der Waals surface area contributed by atoms with Crippen molar-refractivity contribution in [3.63, 3.8) is 0 Å². The van der Waals surface area contributed by atoms with Crippen LogP contribution >= 0.6 is 0 Å². The Morgan fingerprint density at radius 3 is 2.81 bits per heavy atom. The molecule has 2 aromatic heterocycles. The van der Waals surface area contributed by atoms with Gasteiger partial charge in [-0.1, -0.05) is 0 Å². The molecule has 0 aliphatic carbocycles. The molecule has 0 N–H and O–H groups in total. The van der Waals surface area contributed by atoms with E-state index in [1.807, 2.05) is 19.1 Å². The van der Waals surface area contributed by atoms with E-state index in [2.05, 4.69) is 10.1 Å². The van der Waals surface area contributed by atoms with E-state index >= 15 is 0 Å². The van der Waals surface area contributed by atoms with Crippen LogP contribution in [0.15, 0.2) is 54.9 Å². The second kappa shape index (κ2) is 7.19. The lowest BCUT2D eigenvalue weighted by atomic mass is 10.3. The van der Waals surface area contributed by atoms with Crippen LogP contribution in [0.25, 0.3) is 5.69 Å². The minimum Gasteiger partial charge on any atom is -0.487 e. The molecule has 1 aliphatic heterocycles. The molecule has 0 radical (unpaired) electrons. The van der Waals surface area contributed by atoms with Crippen molar-refractivity contribution in [2.45, 2.75) is 19.4 Å². The molecule has 0 spiro atoms. The number of benzene rings is 1. The van der Waals surface area contributed by atoms with Crippen molar-refractivity contribution >= 4 is 5.91 Å². The van der Waals surface area contributed by atoms with Crippen molar-refractivity contribution in [3.05, 3.63) is 72.1 Å². The Balaban J connectivity index is 1.46. The normalized spacial score (nSPS) is 16.5. The molecule has 4 rings (SSSR count). The van der Waals surface area contributed by atoms with Crippen LogP contribution in [-0.2, 0) is 0 Å². The second-order valence-electron chi connectivity index (χ2n) is 6.53. The Hall–Kier alpha value is -3.22. The highest BCUT2D eigenvalue weighted by Gasteiger charge is 2.30. The van der Waals surface area contributed by atoms with Crippen LogP contribution in [0, 0.1) is 12.7 Å². The average molecular weight is 366 g/mol. The molecule has 1 unspecified atom stereocenters. The first-order chi connectivity index (χ1) is 13.1. The fourth-order valence-electron chi connectivity index (χ4n) is 3.20. The van der Waals surface area contributed by atoms with Crippen LogP contribution in [0.3, 0.4) is 0 Å². The summed E-state index contributed by atoms with van der Waals surface area (Å²) in [6.45, 7) is 2.99. The third-order valence-electron chi connectivity index (χ3n) is 4.55. The molecular weight excluding hydrogens is 347 g/mol. The van der Waals surface area contributed by atoms with Gasteiger partial charge in [0.2, 0.25) is 0 Å². The van der Waals surface area contributed by atoms with Crippen LogP contribution in [0.2, 0.25) is 0 Å². The molecule has 3 heterocycles. The van der Waals surface area contributed by atoms with Crippen molar-refractivity contribution in [2.24, 2.45) is 0 Å². The lowest BCUT2D eigenvalue weighted by molar-refractivity contribution is 0.0766. The van der Waals surface area contributed by atoms with E-state index in [4.69, 9.17) is 4.74 Å². The van der Waals surface area contributed by atoms with Gasteiger partial charge in [-0.3, -0.25) is 9.78 Å². The molecule has 0 saturated carbocycles. The van der Waals surface area contributed by atoms with Gasteiger partial charge in [0.05, 0.1) is 18.4 Å². The van der Waals surface area contributed by atoms with E-state index in [0.29, 0.717) is 30.2 Å². The summed E-state index contributed by atoms with van der Waals surface area (Å²) in [6.07, 6.45) is 4.06. The topological polar surface area (TPSA) is 60.3 Å². The number of aromatic nitrogens is 3. The van der Waals surface area contributed by atoms with Gasteiger partial charge < -0.3 is 9.64 Å². The SMILES string of the molecule is Cc1cc(C(=O)N2CCC(Oc3cccnc3)C2)nn1-c1ccc(F)cc1. The summed E-state index contributed by atoms with van der Waals surface area (Å²) in [7, 11) is 0. The maximum Gasteiger partial charge on any atom is 0.274 e. The first-order valence-electron chi connectivity index (χ1n) is 8.79. The fourth-order valence-corrected chi connectivity index (χ4v) is 3.20. The third kappa shape index (κ3) is 3.67. The standard InChI is InChI=1S/C20H19FN4O2/c1-14-11-19(23-25(14)16-6-4-15(21)5-7-16)20(26)24-10-8-18(13-24)27-17-3-2-9-22-12-17/h2-7,9,11-12,18H,8,10,13H2,1H3. The van der Waals surface area contributed by atoms with Gasteiger partial charge in [-0.2, -0.15) is 5.10 Å². The van der Waals surface area contributed by atoms with Gasteiger partial charge in [0.25, 0.3) is 5.91 Å². The molecule has 1 amide bonds. The molecule has 3 aromatic rings. The minimum atomic E-state index is -0.309. The van der Waals surface area contributed by atoms with Crippen LogP contribution in [0.4, 0.5) is 4.39 Å². The van der Waals surface area contributed by atoms with Crippen molar-refractivity contribution in [1.29, 1.82) is 0 Å². The number of hydrogen-bond acceptors (Lipinski definition) is 4. The van der Waals surface area contributed by atoms with Crippen LogP contribution < -0.4 is 4.74 Å². The summed E-state index contributed by atoms with van der Waals surface area (Å²) in [6, 6.07) is 11.4. The Bertz CT molecular complexity index is 940. The van der Waals surface area contributed by atoms with E-state index in [1.165, 1.54) is 12.1 Å². The summed E-state index contributed by atoms with van der Waals surface area (Å²) in [5, 5.41) is 4.42. The predicted octanol–water partition coefficient (Wildman–Crippen LogP) is 3.01. The summed E-state index contributed by atoms with van der Waals surface area (Å²) in [4.78, 5) is 18.6. The largest absolute Gasteiger partial charge is 0.487 e. The molecule has 1 fully saturated rings. The monoisotopic (exact) mass is 366 g/mol. The van der Waals surface area contributed by atoms with Gasteiger partial charge in [0, 0.05) is 24.9 Å². The number of pyridine rings is 1. The molecule has 7 heteroatoms. The molecule has 1 aliphatic rings. The quantitative estimate of drug-likeness (QED) is 0.712. The smallest absolute Gasteiger partial charge is 0.274 e. The second-order valence-corrected chi connectivity index (χ2v) is 6.53. The van der Waals surface area contributed by atoms with Crippen LogP contribution in [0.5, 0.6) is 5.75 Å². The molecule has 138 valence electrons. The van der Waals surface area contributed by atoms with E-state index < -0.39 is 0 Å². The van der Waals surface area contributed by atoms with E-state index in [1.54, 1.807) is 40.2 Å². The number of carbonyl (C=O) groups excluding carboxylic acids is 1. The molecule has 6 nitrogen and oxygen atoms in total. The molecule has 1 atom stereocenters. The number of hydrogen-bond donors (Lipinski definition) is 0. The van der Waals surface area contributed by atoms with Crippen molar-refractivity contribution in [3.8, 4) is 11.4 Å². The highest BCUT2D eigenvalue weighted by Crippen LogP contribution is 2.20. The number of ether oxygens (including phenoxy) is 1. The van der Waals surface area contributed by atoms with Crippen molar-refractivity contribution in [1.82, 2.24) is 19.7 Å². The van der Waals surface area contributed by atoms with Crippen LogP contribution in [-0.4, -0.2) is 44.8 Å². The zero-order valence-electron chi connectivity index (χ0n) is 14.9. The first kappa shape index (κ1) is 17.2. The van der Waals surface area contributed by atoms with Gasteiger partial charge in [0.1, 0.15) is 17.7 Å². The Morgan fingerprint density at radius 2 is 2.07 bits per heavy atom. The summed E-state index contributed by atoms with van der Waals surface area (Å²) < 4.78 is 20.7. The fraction of sp³-hybridized carbons (Fsp3) is 0.250. The summed E-state index contributed by atoms with van der Waals surface area (Å²) in [5.74, 6) is 0.265. The van der Waals surface area contributed by atoms with Gasteiger partial charge in [-0.15, -0.1) is 0 Å². The maximum atomic E-state index is 13.1. The lowest BCUT2D eigenvalue weighted by Crippen LogP contribution is -2.31. The Kier molecular flexibility index (Phi) is 4.58. The number of halogens is 1. The predicted molar refractivity (Wildman–Crippen MR) is 97.4 cm³/mol. The zero-order chi connectivity index (χ0) is 18.8. The Labute approximate surface area is 156 Å². The molecule has 27 heavy (non-hydrogen) atoms. The lowest BCUT2D eigenvalue weighted by Gasteiger charge is -2.16. The number of carbonyl (C=O) groups is 1. The molecule has 1 aromatic carbocycles. The third-order valence-corrected chi connectivity index (χ3v) is 4.55. The molecular formula is C20H19FN4O2. The average Bonchev–Trinajstić information content (AvgIpc) is 3.30. The van der Waals surface area contributed by atoms with Crippen LogP contribution in [0.1, 0.15) is 22.6 Å².